The average Bonchev–Trinajstić information content (AvgIpc) is 2.91. The van der Waals surface area contributed by atoms with E-state index in [2.05, 4.69) is 11.1 Å². The highest BCUT2D eigenvalue weighted by atomic mass is 32.2. The summed E-state index contributed by atoms with van der Waals surface area (Å²) in [4.78, 5) is 0.290. The Morgan fingerprint density at radius 3 is 2.50 bits per heavy atom. The lowest BCUT2D eigenvalue weighted by Gasteiger charge is -2.34. The molecule has 1 aromatic carbocycles. The molecule has 4 heteroatoms. The van der Waals surface area contributed by atoms with E-state index in [1.807, 2.05) is 6.92 Å². The van der Waals surface area contributed by atoms with Gasteiger partial charge >= 0.3 is 0 Å². The fourth-order valence-electron chi connectivity index (χ4n) is 2.87. The zero-order valence-corrected chi connectivity index (χ0v) is 11.2. The van der Waals surface area contributed by atoms with Crippen LogP contribution in [0, 0.1) is 25.2 Å². The molecule has 1 aromatic rings. The quantitative estimate of drug-likeness (QED) is 0.841. The third kappa shape index (κ3) is 2.19. The van der Waals surface area contributed by atoms with Crippen LogP contribution in [0.5, 0.6) is 0 Å². The van der Waals surface area contributed by atoms with Crippen molar-refractivity contribution in [1.82, 2.24) is 0 Å². The molecule has 3 nitrogen and oxygen atoms in total. The van der Waals surface area contributed by atoms with Crippen molar-refractivity contribution in [3.63, 3.8) is 0 Å². The van der Waals surface area contributed by atoms with Gasteiger partial charge in [-0.2, -0.15) is 0 Å². The largest absolute Gasteiger partial charge is 0.541 e. The van der Waals surface area contributed by atoms with Crippen molar-refractivity contribution in [2.45, 2.75) is 37.1 Å². The highest BCUT2D eigenvalue weighted by Gasteiger charge is 2.36. The number of hydrogen-bond acceptors (Lipinski definition) is 2. The van der Waals surface area contributed by atoms with Gasteiger partial charge in [0.1, 0.15) is 10.0 Å². The van der Waals surface area contributed by atoms with Crippen molar-refractivity contribution in [3.8, 4) is 0 Å². The first kappa shape index (κ1) is 12.2. The zero-order chi connectivity index (χ0) is 12.8. The number of benzene rings is 1. The molecule has 2 radical (unpaired) electrons. The standard InChI is InChI=1S/C14H16NO2S/c1-10-2-6-13(7-3-10)18(16,17)15-14-9-11-4-5-12(14)8-11/h2-3,6-7,11-12,14H,4-5,8H2,1H3/q-1/t11-,12+,14+/m1/s1. The molecule has 0 amide bonds. The van der Waals surface area contributed by atoms with Gasteiger partial charge in [0.2, 0.25) is 0 Å². The van der Waals surface area contributed by atoms with Gasteiger partial charge in [-0.25, -0.2) is 8.42 Å². The molecule has 0 aromatic heterocycles. The van der Waals surface area contributed by atoms with Crippen LogP contribution in [0.3, 0.4) is 0 Å². The molecule has 2 aliphatic carbocycles. The molecular weight excluding hydrogens is 246 g/mol. The van der Waals surface area contributed by atoms with E-state index in [0.29, 0.717) is 11.8 Å². The molecule has 3 atom stereocenters. The molecule has 0 heterocycles. The van der Waals surface area contributed by atoms with E-state index < -0.39 is 10.0 Å². The Morgan fingerprint density at radius 1 is 1.22 bits per heavy atom. The van der Waals surface area contributed by atoms with Gasteiger partial charge in [0.25, 0.3) is 0 Å². The molecule has 0 aliphatic heterocycles. The summed E-state index contributed by atoms with van der Waals surface area (Å²) in [7, 11) is -3.52. The SMILES string of the molecule is Cc1ccc(S(=O)(=O)[N-][C@H]2[C][C@@H]3CC[C@H]2C3)cc1. The van der Waals surface area contributed by atoms with Crippen molar-refractivity contribution < 1.29 is 8.42 Å². The van der Waals surface area contributed by atoms with Crippen LogP contribution in [0.2, 0.25) is 0 Å². The number of nitrogens with zero attached hydrogens (tertiary/aromatic N) is 1. The highest BCUT2D eigenvalue weighted by molar-refractivity contribution is 7.94. The fraction of sp³-hybridized carbons (Fsp3) is 0.500. The minimum absolute atomic E-state index is 0.213. The molecule has 2 fully saturated rings. The minimum atomic E-state index is -3.52. The van der Waals surface area contributed by atoms with E-state index in [-0.39, 0.29) is 10.9 Å². The van der Waals surface area contributed by atoms with Crippen LogP contribution in [0.4, 0.5) is 0 Å². The second-order valence-electron chi connectivity index (χ2n) is 5.28. The Bertz CT molecular complexity index is 535. The molecule has 0 spiro atoms. The van der Waals surface area contributed by atoms with Crippen LogP contribution < -0.4 is 0 Å². The van der Waals surface area contributed by atoms with Crippen LogP contribution in [-0.2, 0) is 10.0 Å². The van der Waals surface area contributed by atoms with Gasteiger partial charge in [0, 0.05) is 4.90 Å². The number of sulfonamides is 1. The van der Waals surface area contributed by atoms with E-state index >= 15 is 0 Å². The van der Waals surface area contributed by atoms with Crippen LogP contribution in [0.15, 0.2) is 29.2 Å². The van der Waals surface area contributed by atoms with Gasteiger partial charge in [-0.1, -0.05) is 30.0 Å². The van der Waals surface area contributed by atoms with Gasteiger partial charge in [-0.15, -0.1) is 6.04 Å². The summed E-state index contributed by atoms with van der Waals surface area (Å²) in [6.45, 7) is 1.94. The zero-order valence-electron chi connectivity index (χ0n) is 10.3. The summed E-state index contributed by atoms with van der Waals surface area (Å²) in [5, 5.41) is 0. The molecular formula is C14H16NO2S-. The molecule has 3 rings (SSSR count). The van der Waals surface area contributed by atoms with Gasteiger partial charge in [0.15, 0.2) is 0 Å². The average molecular weight is 262 g/mol. The maximum atomic E-state index is 12.2. The predicted molar refractivity (Wildman–Crippen MR) is 69.6 cm³/mol. The number of hydrogen-bond donors (Lipinski definition) is 0. The second-order valence-corrected chi connectivity index (χ2v) is 6.91. The lowest BCUT2D eigenvalue weighted by atomic mass is 9.96. The van der Waals surface area contributed by atoms with Crippen LogP contribution in [0.25, 0.3) is 4.72 Å². The number of fused-ring (bicyclic) bond motifs is 2. The van der Waals surface area contributed by atoms with Gasteiger partial charge < -0.3 is 4.72 Å². The summed E-state index contributed by atoms with van der Waals surface area (Å²) >= 11 is 0. The molecule has 96 valence electrons. The Labute approximate surface area is 109 Å². The lowest BCUT2D eigenvalue weighted by Crippen LogP contribution is -2.19. The van der Waals surface area contributed by atoms with Crippen molar-refractivity contribution in [1.29, 1.82) is 0 Å². The first-order valence-electron chi connectivity index (χ1n) is 6.34. The van der Waals surface area contributed by atoms with Gasteiger partial charge in [-0.3, -0.25) is 0 Å². The Hall–Kier alpha value is -0.870. The van der Waals surface area contributed by atoms with Crippen molar-refractivity contribution in [3.05, 3.63) is 41.0 Å². The van der Waals surface area contributed by atoms with E-state index in [4.69, 9.17) is 0 Å². The summed E-state index contributed by atoms with van der Waals surface area (Å²) in [6, 6.07) is 6.64. The summed E-state index contributed by atoms with van der Waals surface area (Å²) < 4.78 is 28.4. The maximum absolute atomic E-state index is 12.2. The van der Waals surface area contributed by atoms with Crippen molar-refractivity contribution in [2.75, 3.05) is 0 Å². The third-order valence-electron chi connectivity index (χ3n) is 3.90. The third-order valence-corrected chi connectivity index (χ3v) is 5.27. The second kappa shape index (κ2) is 4.35. The van der Waals surface area contributed by atoms with Gasteiger partial charge in [0.05, 0.1) is 0 Å². The number of aryl methyl sites for hydroxylation is 1. The Morgan fingerprint density at radius 2 is 1.94 bits per heavy atom. The minimum Gasteiger partial charge on any atom is -0.541 e. The van der Waals surface area contributed by atoms with E-state index in [9.17, 15) is 8.42 Å². The lowest BCUT2D eigenvalue weighted by molar-refractivity contribution is 0.521. The molecule has 0 saturated heterocycles. The van der Waals surface area contributed by atoms with Gasteiger partial charge in [-0.05, 0) is 44.2 Å². The smallest absolute Gasteiger partial charge is 0.101 e. The molecule has 0 N–H and O–H groups in total. The van der Waals surface area contributed by atoms with E-state index in [0.717, 1.165) is 24.8 Å². The molecule has 0 unspecified atom stereocenters. The molecule has 2 aliphatic rings. The summed E-state index contributed by atoms with van der Waals surface area (Å²) in [6.07, 6.45) is 6.60. The summed E-state index contributed by atoms with van der Waals surface area (Å²) in [5.41, 5.74) is 1.05. The predicted octanol–water partition coefficient (Wildman–Crippen LogP) is 2.94. The normalized spacial score (nSPS) is 30.8. The first-order valence-corrected chi connectivity index (χ1v) is 7.78. The van der Waals surface area contributed by atoms with Crippen molar-refractivity contribution in [2.24, 2.45) is 11.8 Å². The first-order chi connectivity index (χ1) is 8.54. The maximum Gasteiger partial charge on any atom is 0.101 e. The molecule has 2 bridgehead atoms. The molecule has 2 saturated carbocycles. The monoisotopic (exact) mass is 262 g/mol. The van der Waals surface area contributed by atoms with Crippen LogP contribution in [-0.4, -0.2) is 14.5 Å². The number of rotatable bonds is 3. The van der Waals surface area contributed by atoms with E-state index in [1.165, 1.54) is 0 Å². The topological polar surface area (TPSA) is 48.2 Å². The van der Waals surface area contributed by atoms with Crippen LogP contribution >= 0.6 is 0 Å². The highest BCUT2D eigenvalue weighted by Crippen LogP contribution is 2.47. The molecule has 18 heavy (non-hydrogen) atoms. The fourth-order valence-corrected chi connectivity index (χ4v) is 4.00. The van der Waals surface area contributed by atoms with E-state index in [1.54, 1.807) is 24.3 Å². The Kier molecular flexibility index (Phi) is 2.94. The van der Waals surface area contributed by atoms with Crippen molar-refractivity contribution >= 4 is 10.0 Å². The van der Waals surface area contributed by atoms with Crippen LogP contribution in [0.1, 0.15) is 24.8 Å². The Balaban J connectivity index is 1.77. The summed E-state index contributed by atoms with van der Waals surface area (Å²) in [5.74, 6) is 0.868.